The standard InChI is InChI=1S/C32H38ClN3O4S/c1-4-30(32(38)34-27-7-5-6-8-27)35(21-25-13-9-23(2)10-14-25)31(37)22-36(28-17-11-24(3)12-18-28)41(39,40)29-19-15-26(33)16-20-29/h9-20,27,30H,4-8,21-22H2,1-3H3,(H,34,38)/t30-/m0/s1. The van der Waals surface area contributed by atoms with Gasteiger partial charge in [-0.05, 0) is 75.1 Å². The van der Waals surface area contributed by atoms with Crippen LogP contribution < -0.4 is 9.62 Å². The van der Waals surface area contributed by atoms with Crippen LogP contribution in [0.5, 0.6) is 0 Å². The first-order chi connectivity index (χ1) is 19.6. The van der Waals surface area contributed by atoms with E-state index in [2.05, 4.69) is 5.32 Å². The summed E-state index contributed by atoms with van der Waals surface area (Å²) >= 11 is 6.02. The molecule has 218 valence electrons. The molecular formula is C32H38ClN3O4S. The van der Waals surface area contributed by atoms with Gasteiger partial charge in [-0.3, -0.25) is 13.9 Å². The highest BCUT2D eigenvalue weighted by molar-refractivity contribution is 7.92. The third-order valence-corrected chi connectivity index (χ3v) is 9.60. The summed E-state index contributed by atoms with van der Waals surface area (Å²) in [5, 5.41) is 3.54. The van der Waals surface area contributed by atoms with E-state index < -0.39 is 28.5 Å². The fourth-order valence-corrected chi connectivity index (χ4v) is 6.69. The van der Waals surface area contributed by atoms with E-state index in [0.717, 1.165) is 46.7 Å². The maximum atomic E-state index is 14.2. The first-order valence-electron chi connectivity index (χ1n) is 14.1. The molecule has 4 rings (SSSR count). The molecule has 1 saturated carbocycles. The zero-order valence-electron chi connectivity index (χ0n) is 23.8. The highest BCUT2D eigenvalue weighted by Crippen LogP contribution is 2.26. The molecule has 9 heteroatoms. The van der Waals surface area contributed by atoms with Gasteiger partial charge in [0.25, 0.3) is 10.0 Å². The van der Waals surface area contributed by atoms with Gasteiger partial charge >= 0.3 is 0 Å². The van der Waals surface area contributed by atoms with Crippen molar-refractivity contribution in [3.63, 3.8) is 0 Å². The zero-order chi connectivity index (χ0) is 29.6. The van der Waals surface area contributed by atoms with Gasteiger partial charge in [0, 0.05) is 17.6 Å². The molecule has 3 aromatic carbocycles. The summed E-state index contributed by atoms with van der Waals surface area (Å²) in [5.74, 6) is -0.667. The Hall–Kier alpha value is -3.36. The second-order valence-electron chi connectivity index (χ2n) is 10.7. The summed E-state index contributed by atoms with van der Waals surface area (Å²) in [7, 11) is -4.14. The van der Waals surface area contributed by atoms with Crippen LogP contribution in [0.25, 0.3) is 0 Å². The molecule has 3 aromatic rings. The summed E-state index contributed by atoms with van der Waals surface area (Å²) in [5.41, 5.74) is 3.26. The number of aryl methyl sites for hydroxylation is 2. The van der Waals surface area contributed by atoms with E-state index in [9.17, 15) is 18.0 Å². The Bertz CT molecular complexity index is 1440. The van der Waals surface area contributed by atoms with Gasteiger partial charge in [-0.15, -0.1) is 0 Å². The van der Waals surface area contributed by atoms with E-state index in [0.29, 0.717) is 17.1 Å². The number of hydrogen-bond acceptors (Lipinski definition) is 4. The number of rotatable bonds is 11. The van der Waals surface area contributed by atoms with Crippen molar-refractivity contribution in [3.8, 4) is 0 Å². The minimum Gasteiger partial charge on any atom is -0.352 e. The van der Waals surface area contributed by atoms with Gasteiger partial charge in [-0.2, -0.15) is 0 Å². The average molecular weight is 596 g/mol. The van der Waals surface area contributed by atoms with Crippen LogP contribution in [0.3, 0.4) is 0 Å². The topological polar surface area (TPSA) is 86.8 Å². The van der Waals surface area contributed by atoms with Gasteiger partial charge < -0.3 is 10.2 Å². The molecule has 1 aliphatic carbocycles. The zero-order valence-corrected chi connectivity index (χ0v) is 25.4. The van der Waals surface area contributed by atoms with Gasteiger partial charge in [-0.25, -0.2) is 8.42 Å². The minimum absolute atomic E-state index is 0.0198. The number of sulfonamides is 1. The van der Waals surface area contributed by atoms with E-state index in [1.165, 1.54) is 29.2 Å². The summed E-state index contributed by atoms with van der Waals surface area (Å²) in [4.78, 5) is 29.2. The Morgan fingerprint density at radius 2 is 1.46 bits per heavy atom. The Labute approximate surface area is 248 Å². The smallest absolute Gasteiger partial charge is 0.264 e. The van der Waals surface area contributed by atoms with Crippen LogP contribution in [0.4, 0.5) is 5.69 Å². The van der Waals surface area contributed by atoms with E-state index in [1.54, 1.807) is 24.3 Å². The molecule has 0 heterocycles. The number of benzene rings is 3. The van der Waals surface area contributed by atoms with E-state index >= 15 is 0 Å². The SMILES string of the molecule is CC[C@@H](C(=O)NC1CCCC1)N(Cc1ccc(C)cc1)C(=O)CN(c1ccc(C)cc1)S(=O)(=O)c1ccc(Cl)cc1. The predicted octanol–water partition coefficient (Wildman–Crippen LogP) is 6.02. The third kappa shape index (κ3) is 7.68. The summed E-state index contributed by atoms with van der Waals surface area (Å²) < 4.78 is 29.0. The van der Waals surface area contributed by atoms with Crippen LogP contribution in [0.2, 0.25) is 5.02 Å². The lowest BCUT2D eigenvalue weighted by Crippen LogP contribution is -2.53. The average Bonchev–Trinajstić information content (AvgIpc) is 3.46. The van der Waals surface area contributed by atoms with Crippen molar-refractivity contribution in [2.24, 2.45) is 0 Å². The molecular weight excluding hydrogens is 558 g/mol. The molecule has 1 atom stereocenters. The lowest BCUT2D eigenvalue weighted by atomic mass is 10.1. The van der Waals surface area contributed by atoms with E-state index in [-0.39, 0.29) is 23.4 Å². The first kappa shape index (κ1) is 30.6. The Balaban J connectivity index is 1.70. The summed E-state index contributed by atoms with van der Waals surface area (Å²) in [6.45, 7) is 5.48. The lowest BCUT2D eigenvalue weighted by molar-refractivity contribution is -0.140. The molecule has 1 N–H and O–H groups in total. The number of carbonyl (C=O) groups is 2. The quantitative estimate of drug-likeness (QED) is 0.294. The van der Waals surface area contributed by atoms with Crippen molar-refractivity contribution in [2.45, 2.75) is 76.4 Å². The van der Waals surface area contributed by atoms with Gasteiger partial charge in [0.15, 0.2) is 0 Å². The van der Waals surface area contributed by atoms with Crippen molar-refractivity contribution in [2.75, 3.05) is 10.8 Å². The number of amides is 2. The second kappa shape index (κ2) is 13.5. The normalized spacial score (nSPS) is 14.4. The van der Waals surface area contributed by atoms with Crippen LogP contribution >= 0.6 is 11.6 Å². The number of anilines is 1. The number of hydrogen-bond donors (Lipinski definition) is 1. The van der Waals surface area contributed by atoms with Crippen molar-refractivity contribution >= 4 is 39.1 Å². The maximum Gasteiger partial charge on any atom is 0.264 e. The molecule has 7 nitrogen and oxygen atoms in total. The number of nitrogens with zero attached hydrogens (tertiary/aromatic N) is 2. The Morgan fingerprint density at radius 3 is 2.02 bits per heavy atom. The fraction of sp³-hybridized carbons (Fsp3) is 0.375. The summed E-state index contributed by atoms with van der Waals surface area (Å²) in [6.07, 6.45) is 4.39. The highest BCUT2D eigenvalue weighted by Gasteiger charge is 2.34. The minimum atomic E-state index is -4.14. The monoisotopic (exact) mass is 595 g/mol. The number of carbonyl (C=O) groups excluding carboxylic acids is 2. The van der Waals surface area contributed by atoms with E-state index in [1.807, 2.05) is 45.0 Å². The van der Waals surface area contributed by atoms with Crippen LogP contribution in [0, 0.1) is 13.8 Å². The van der Waals surface area contributed by atoms with Gasteiger partial charge in [-0.1, -0.05) is 78.9 Å². The van der Waals surface area contributed by atoms with Gasteiger partial charge in [0.05, 0.1) is 10.6 Å². The molecule has 0 bridgehead atoms. The molecule has 1 aliphatic rings. The van der Waals surface area contributed by atoms with Crippen LogP contribution in [-0.2, 0) is 26.2 Å². The molecule has 0 aromatic heterocycles. The molecule has 41 heavy (non-hydrogen) atoms. The van der Waals surface area contributed by atoms with Crippen LogP contribution in [0.15, 0.2) is 77.7 Å². The van der Waals surface area contributed by atoms with Crippen molar-refractivity contribution < 1.29 is 18.0 Å². The molecule has 1 fully saturated rings. The van der Waals surface area contributed by atoms with Crippen LogP contribution in [0.1, 0.15) is 55.7 Å². The van der Waals surface area contributed by atoms with Gasteiger partial charge in [0.1, 0.15) is 12.6 Å². The number of halogens is 1. The first-order valence-corrected chi connectivity index (χ1v) is 15.9. The van der Waals surface area contributed by atoms with Crippen molar-refractivity contribution in [1.82, 2.24) is 10.2 Å². The molecule has 2 amide bonds. The maximum absolute atomic E-state index is 14.2. The Kier molecular flexibility index (Phi) is 10.1. The summed E-state index contributed by atoms with van der Waals surface area (Å²) in [6, 6.07) is 20.0. The largest absolute Gasteiger partial charge is 0.352 e. The van der Waals surface area contributed by atoms with Crippen molar-refractivity contribution in [3.05, 3.63) is 94.5 Å². The second-order valence-corrected chi connectivity index (χ2v) is 13.0. The molecule has 0 saturated heterocycles. The molecule has 0 unspecified atom stereocenters. The lowest BCUT2D eigenvalue weighted by Gasteiger charge is -2.33. The molecule has 0 radical (unpaired) electrons. The third-order valence-electron chi connectivity index (χ3n) is 7.56. The Morgan fingerprint density at radius 1 is 0.902 bits per heavy atom. The van der Waals surface area contributed by atoms with Crippen LogP contribution in [-0.4, -0.2) is 43.8 Å². The highest BCUT2D eigenvalue weighted by atomic mass is 35.5. The van der Waals surface area contributed by atoms with E-state index in [4.69, 9.17) is 11.6 Å². The fourth-order valence-electron chi connectivity index (χ4n) is 5.15. The predicted molar refractivity (Wildman–Crippen MR) is 163 cm³/mol. The van der Waals surface area contributed by atoms with Gasteiger partial charge in [0.2, 0.25) is 11.8 Å². The molecule has 0 spiro atoms. The van der Waals surface area contributed by atoms with Crippen molar-refractivity contribution in [1.29, 1.82) is 0 Å². The molecule has 0 aliphatic heterocycles. The number of nitrogens with one attached hydrogen (secondary N) is 1.